The molecular weight excluding hydrogens is 292 g/mol. The summed E-state index contributed by atoms with van der Waals surface area (Å²) >= 11 is 0. The molecule has 0 fully saturated rings. The van der Waals surface area contributed by atoms with Crippen molar-refractivity contribution in [1.82, 2.24) is 10.0 Å². The van der Waals surface area contributed by atoms with Gasteiger partial charge in [-0.15, -0.1) is 0 Å². The standard InChI is InChI=1S/C14H16N2O4S/c1-10-5-6-12(21(18,19)15-2)8-13(10)14(17)16-9-11-4-3-7-20-11/h3-8,15H,9H2,1-2H3,(H,16,17). The summed E-state index contributed by atoms with van der Waals surface area (Å²) in [5, 5.41) is 2.69. The molecule has 0 atom stereocenters. The third-order valence-electron chi connectivity index (χ3n) is 3.04. The van der Waals surface area contributed by atoms with E-state index in [4.69, 9.17) is 4.42 Å². The summed E-state index contributed by atoms with van der Waals surface area (Å²) in [6, 6.07) is 7.90. The van der Waals surface area contributed by atoms with E-state index in [1.54, 1.807) is 25.1 Å². The van der Waals surface area contributed by atoms with Gasteiger partial charge in [-0.05, 0) is 43.8 Å². The molecule has 0 spiro atoms. The minimum Gasteiger partial charge on any atom is -0.467 e. The van der Waals surface area contributed by atoms with Gasteiger partial charge in [-0.1, -0.05) is 6.07 Å². The van der Waals surface area contributed by atoms with Crippen LogP contribution in [0.5, 0.6) is 0 Å². The maximum Gasteiger partial charge on any atom is 0.251 e. The first-order valence-corrected chi connectivity index (χ1v) is 7.77. The maximum absolute atomic E-state index is 12.2. The van der Waals surface area contributed by atoms with Crippen LogP contribution in [-0.4, -0.2) is 21.4 Å². The van der Waals surface area contributed by atoms with Crippen LogP contribution in [0.3, 0.4) is 0 Å². The average Bonchev–Trinajstić information content (AvgIpc) is 2.98. The fourth-order valence-electron chi connectivity index (χ4n) is 1.81. The third-order valence-corrected chi connectivity index (χ3v) is 4.45. The Labute approximate surface area is 123 Å². The molecule has 0 saturated carbocycles. The SMILES string of the molecule is CNS(=O)(=O)c1ccc(C)c(C(=O)NCc2ccco2)c1. The zero-order valence-corrected chi connectivity index (χ0v) is 12.5. The van der Waals surface area contributed by atoms with Crippen LogP contribution in [-0.2, 0) is 16.6 Å². The van der Waals surface area contributed by atoms with Gasteiger partial charge in [0, 0.05) is 5.56 Å². The summed E-state index contributed by atoms with van der Waals surface area (Å²) in [6.07, 6.45) is 1.52. The lowest BCUT2D eigenvalue weighted by atomic mass is 10.1. The highest BCUT2D eigenvalue weighted by atomic mass is 32.2. The number of carbonyl (C=O) groups is 1. The van der Waals surface area contributed by atoms with E-state index in [1.165, 1.54) is 25.4 Å². The van der Waals surface area contributed by atoms with Gasteiger partial charge in [0.05, 0.1) is 17.7 Å². The van der Waals surface area contributed by atoms with Gasteiger partial charge < -0.3 is 9.73 Å². The Bertz CT molecular complexity index is 736. The van der Waals surface area contributed by atoms with Crippen LogP contribution in [0.15, 0.2) is 45.9 Å². The molecule has 0 bridgehead atoms. The molecule has 0 unspecified atom stereocenters. The Kier molecular flexibility index (Phi) is 4.44. The van der Waals surface area contributed by atoms with Crippen LogP contribution in [0.25, 0.3) is 0 Å². The molecule has 112 valence electrons. The zero-order chi connectivity index (χ0) is 15.5. The molecule has 2 aromatic rings. The normalized spacial score (nSPS) is 11.3. The quantitative estimate of drug-likeness (QED) is 0.874. The van der Waals surface area contributed by atoms with Crippen molar-refractivity contribution in [2.24, 2.45) is 0 Å². The summed E-state index contributed by atoms with van der Waals surface area (Å²) in [5.74, 6) is 0.275. The first kappa shape index (κ1) is 15.3. The van der Waals surface area contributed by atoms with Crippen molar-refractivity contribution in [2.45, 2.75) is 18.4 Å². The Balaban J connectivity index is 2.22. The minimum absolute atomic E-state index is 0.0544. The molecule has 2 N–H and O–H groups in total. The zero-order valence-electron chi connectivity index (χ0n) is 11.7. The third kappa shape index (κ3) is 3.50. The predicted molar refractivity (Wildman–Crippen MR) is 77.3 cm³/mol. The maximum atomic E-state index is 12.2. The lowest BCUT2D eigenvalue weighted by Gasteiger charge is -2.09. The summed E-state index contributed by atoms with van der Waals surface area (Å²) in [6.45, 7) is 1.99. The number of furan rings is 1. The van der Waals surface area contributed by atoms with Gasteiger partial charge in [-0.2, -0.15) is 0 Å². The van der Waals surface area contributed by atoms with Crippen LogP contribution in [0, 0.1) is 6.92 Å². The van der Waals surface area contributed by atoms with Crippen LogP contribution < -0.4 is 10.0 Å². The molecule has 1 amide bonds. The molecule has 1 heterocycles. The topological polar surface area (TPSA) is 88.4 Å². The van der Waals surface area contributed by atoms with E-state index < -0.39 is 10.0 Å². The number of nitrogens with one attached hydrogen (secondary N) is 2. The second kappa shape index (κ2) is 6.11. The molecule has 7 heteroatoms. The van der Waals surface area contributed by atoms with E-state index in [2.05, 4.69) is 10.0 Å². The Morgan fingerprint density at radius 1 is 1.29 bits per heavy atom. The number of benzene rings is 1. The highest BCUT2D eigenvalue weighted by Gasteiger charge is 2.16. The van der Waals surface area contributed by atoms with Crippen molar-refractivity contribution >= 4 is 15.9 Å². The highest BCUT2D eigenvalue weighted by Crippen LogP contribution is 2.15. The summed E-state index contributed by atoms with van der Waals surface area (Å²) in [7, 11) is -2.25. The molecule has 1 aromatic carbocycles. The summed E-state index contributed by atoms with van der Waals surface area (Å²) in [4.78, 5) is 12.2. The summed E-state index contributed by atoms with van der Waals surface area (Å²) < 4.78 is 30.9. The number of amides is 1. The van der Waals surface area contributed by atoms with Gasteiger partial charge in [-0.25, -0.2) is 13.1 Å². The van der Waals surface area contributed by atoms with Gasteiger partial charge in [0.2, 0.25) is 10.0 Å². The molecular formula is C14H16N2O4S. The lowest BCUT2D eigenvalue weighted by molar-refractivity contribution is 0.0947. The van der Waals surface area contributed by atoms with Crippen molar-refractivity contribution in [1.29, 1.82) is 0 Å². The molecule has 2 rings (SSSR count). The molecule has 0 radical (unpaired) electrons. The number of hydrogen-bond acceptors (Lipinski definition) is 4. The van der Waals surface area contributed by atoms with E-state index in [0.29, 0.717) is 16.9 Å². The van der Waals surface area contributed by atoms with E-state index >= 15 is 0 Å². The molecule has 0 aliphatic rings. The largest absolute Gasteiger partial charge is 0.467 e. The van der Waals surface area contributed by atoms with Crippen LogP contribution >= 0.6 is 0 Å². The minimum atomic E-state index is -3.58. The fraction of sp³-hybridized carbons (Fsp3) is 0.214. The Morgan fingerprint density at radius 3 is 2.67 bits per heavy atom. The smallest absolute Gasteiger partial charge is 0.251 e. The van der Waals surface area contributed by atoms with E-state index in [1.807, 2.05) is 0 Å². The molecule has 6 nitrogen and oxygen atoms in total. The average molecular weight is 308 g/mol. The van der Waals surface area contributed by atoms with E-state index in [-0.39, 0.29) is 17.3 Å². The van der Waals surface area contributed by atoms with Crippen molar-refractivity contribution < 1.29 is 17.6 Å². The number of sulfonamides is 1. The van der Waals surface area contributed by atoms with Crippen molar-refractivity contribution in [3.8, 4) is 0 Å². The number of carbonyl (C=O) groups excluding carboxylic acids is 1. The van der Waals surface area contributed by atoms with Crippen LogP contribution in [0.1, 0.15) is 21.7 Å². The predicted octanol–water partition coefficient (Wildman–Crippen LogP) is 1.43. The highest BCUT2D eigenvalue weighted by molar-refractivity contribution is 7.89. The van der Waals surface area contributed by atoms with Crippen molar-refractivity contribution in [2.75, 3.05) is 7.05 Å². The molecule has 0 saturated heterocycles. The molecule has 21 heavy (non-hydrogen) atoms. The Morgan fingerprint density at radius 2 is 2.05 bits per heavy atom. The van der Waals surface area contributed by atoms with E-state index in [0.717, 1.165) is 0 Å². The van der Waals surface area contributed by atoms with Crippen LogP contribution in [0.4, 0.5) is 0 Å². The first-order chi connectivity index (χ1) is 9.94. The van der Waals surface area contributed by atoms with Crippen molar-refractivity contribution in [3.63, 3.8) is 0 Å². The summed E-state index contributed by atoms with van der Waals surface area (Å²) in [5.41, 5.74) is 1.01. The van der Waals surface area contributed by atoms with Gasteiger partial charge in [0.1, 0.15) is 5.76 Å². The van der Waals surface area contributed by atoms with Gasteiger partial charge in [-0.3, -0.25) is 4.79 Å². The fourth-order valence-corrected chi connectivity index (χ4v) is 2.56. The van der Waals surface area contributed by atoms with Gasteiger partial charge >= 0.3 is 0 Å². The monoisotopic (exact) mass is 308 g/mol. The first-order valence-electron chi connectivity index (χ1n) is 6.29. The number of aryl methyl sites for hydroxylation is 1. The number of rotatable bonds is 5. The van der Waals surface area contributed by atoms with E-state index in [9.17, 15) is 13.2 Å². The second-order valence-corrected chi connectivity index (χ2v) is 6.33. The van der Waals surface area contributed by atoms with Crippen molar-refractivity contribution in [3.05, 3.63) is 53.5 Å². The Hall–Kier alpha value is -2.12. The molecule has 0 aliphatic heterocycles. The van der Waals surface area contributed by atoms with Gasteiger partial charge in [0.25, 0.3) is 5.91 Å². The van der Waals surface area contributed by atoms with Gasteiger partial charge in [0.15, 0.2) is 0 Å². The second-order valence-electron chi connectivity index (χ2n) is 4.45. The molecule has 0 aliphatic carbocycles. The lowest BCUT2D eigenvalue weighted by Crippen LogP contribution is -2.24. The van der Waals surface area contributed by atoms with Crippen LogP contribution in [0.2, 0.25) is 0 Å². The molecule has 1 aromatic heterocycles. The number of hydrogen-bond donors (Lipinski definition) is 2.